The fourth-order valence-electron chi connectivity index (χ4n) is 4.48. The van der Waals surface area contributed by atoms with Crippen molar-refractivity contribution in [2.24, 2.45) is 0 Å². The van der Waals surface area contributed by atoms with Crippen molar-refractivity contribution in [1.82, 2.24) is 10.2 Å². The van der Waals surface area contributed by atoms with Gasteiger partial charge in [-0.05, 0) is 48.4 Å². The highest BCUT2D eigenvalue weighted by molar-refractivity contribution is 6.33. The molecule has 2 atom stereocenters. The lowest BCUT2D eigenvalue weighted by atomic mass is 9.98. The zero-order valence-electron chi connectivity index (χ0n) is 19.1. The Kier molecular flexibility index (Phi) is 7.43. The minimum atomic E-state index is -0.161. The molecule has 7 heteroatoms. The normalized spacial score (nSPS) is 17.1. The van der Waals surface area contributed by atoms with E-state index < -0.39 is 0 Å². The molecular weight excluding hydrogens is 467 g/mol. The van der Waals surface area contributed by atoms with E-state index in [4.69, 9.17) is 29.8 Å². The van der Waals surface area contributed by atoms with Gasteiger partial charge >= 0.3 is 0 Å². The molecule has 1 saturated heterocycles. The van der Waals surface area contributed by atoms with Gasteiger partial charge in [-0.25, -0.2) is 4.85 Å². The van der Waals surface area contributed by atoms with Crippen LogP contribution in [-0.2, 0) is 0 Å². The summed E-state index contributed by atoms with van der Waals surface area (Å²) >= 11 is 12.9. The predicted molar refractivity (Wildman–Crippen MR) is 139 cm³/mol. The average Bonchev–Trinajstić information content (AvgIpc) is 2.88. The van der Waals surface area contributed by atoms with Gasteiger partial charge in [-0.1, -0.05) is 59.6 Å². The Morgan fingerprint density at radius 2 is 1.76 bits per heavy atom. The molecule has 4 rings (SSSR count). The molecule has 0 aliphatic carbocycles. The largest absolute Gasteiger partial charge is 0.361 e. The molecule has 0 unspecified atom stereocenters. The van der Waals surface area contributed by atoms with E-state index >= 15 is 0 Å². The summed E-state index contributed by atoms with van der Waals surface area (Å²) in [6.07, 6.45) is 0. The number of amides is 1. The summed E-state index contributed by atoms with van der Waals surface area (Å²) in [5.41, 5.74) is 4.42. The first-order valence-corrected chi connectivity index (χ1v) is 11.9. The quantitative estimate of drug-likeness (QED) is 0.411. The summed E-state index contributed by atoms with van der Waals surface area (Å²) in [6, 6.07) is 21.5. The minimum absolute atomic E-state index is 0.0549. The first kappa shape index (κ1) is 24.1. The standard InChI is InChI=1S/C27H26Cl2N4O/c1-18(19-6-11-23(30-2)12-7-19)32-14-15-33(26(17-32)20-4-9-22(28)10-5-20)25-13-8-21(16-24(25)29)27(34)31-3/h4-13,16,18,26H,14-15,17H2,1,3H3,(H,31,34)/t18-,26+/m1/s1. The van der Waals surface area contributed by atoms with E-state index in [0.717, 1.165) is 30.9 Å². The highest BCUT2D eigenvalue weighted by Gasteiger charge is 2.32. The zero-order valence-corrected chi connectivity index (χ0v) is 20.6. The van der Waals surface area contributed by atoms with Crippen LogP contribution in [0.5, 0.6) is 0 Å². The highest BCUT2D eigenvalue weighted by atomic mass is 35.5. The van der Waals surface area contributed by atoms with Crippen LogP contribution in [0.2, 0.25) is 10.0 Å². The van der Waals surface area contributed by atoms with E-state index in [2.05, 4.69) is 39.0 Å². The number of hydrogen-bond donors (Lipinski definition) is 1. The maximum atomic E-state index is 12.0. The maximum Gasteiger partial charge on any atom is 0.251 e. The zero-order chi connectivity index (χ0) is 24.2. The molecule has 3 aromatic rings. The molecular formula is C27H26Cl2N4O. The Labute approximate surface area is 210 Å². The van der Waals surface area contributed by atoms with E-state index in [1.54, 1.807) is 13.1 Å². The topological polar surface area (TPSA) is 39.9 Å². The minimum Gasteiger partial charge on any atom is -0.361 e. The van der Waals surface area contributed by atoms with E-state index in [1.165, 1.54) is 5.56 Å². The van der Waals surface area contributed by atoms with Crippen molar-refractivity contribution in [1.29, 1.82) is 0 Å². The van der Waals surface area contributed by atoms with Gasteiger partial charge in [0.2, 0.25) is 0 Å². The molecule has 0 saturated carbocycles. The molecule has 1 aliphatic rings. The van der Waals surface area contributed by atoms with Gasteiger partial charge in [0.05, 0.1) is 23.3 Å². The van der Waals surface area contributed by atoms with Crippen LogP contribution >= 0.6 is 23.2 Å². The number of nitrogens with one attached hydrogen (secondary N) is 1. The summed E-state index contributed by atoms with van der Waals surface area (Å²) < 4.78 is 0. The Hall–Kier alpha value is -3.04. The molecule has 5 nitrogen and oxygen atoms in total. The number of halogens is 2. The smallest absolute Gasteiger partial charge is 0.251 e. The van der Waals surface area contributed by atoms with Gasteiger partial charge in [0.1, 0.15) is 0 Å². The second-order valence-electron chi connectivity index (χ2n) is 8.38. The van der Waals surface area contributed by atoms with Crippen LogP contribution in [-0.4, -0.2) is 37.5 Å². The van der Waals surface area contributed by atoms with Gasteiger partial charge in [0, 0.05) is 43.3 Å². The van der Waals surface area contributed by atoms with Crippen molar-refractivity contribution in [3.63, 3.8) is 0 Å². The summed E-state index contributed by atoms with van der Waals surface area (Å²) in [7, 11) is 1.61. The van der Waals surface area contributed by atoms with Crippen LogP contribution in [0, 0.1) is 6.57 Å². The highest BCUT2D eigenvalue weighted by Crippen LogP contribution is 2.38. The van der Waals surface area contributed by atoms with E-state index in [0.29, 0.717) is 21.3 Å². The Bertz CT molecular complexity index is 1200. The van der Waals surface area contributed by atoms with Crippen molar-refractivity contribution in [2.75, 3.05) is 31.6 Å². The van der Waals surface area contributed by atoms with Crippen molar-refractivity contribution in [2.45, 2.75) is 19.0 Å². The van der Waals surface area contributed by atoms with Crippen LogP contribution in [0.4, 0.5) is 11.4 Å². The number of hydrogen-bond acceptors (Lipinski definition) is 3. The second kappa shape index (κ2) is 10.5. The van der Waals surface area contributed by atoms with Crippen LogP contribution in [0.1, 0.15) is 40.5 Å². The predicted octanol–water partition coefficient (Wildman–Crippen LogP) is 6.53. The average molecular weight is 493 g/mol. The van der Waals surface area contributed by atoms with E-state index in [-0.39, 0.29) is 18.0 Å². The summed E-state index contributed by atoms with van der Waals surface area (Å²) in [5, 5.41) is 3.89. The van der Waals surface area contributed by atoms with Crippen LogP contribution in [0.15, 0.2) is 66.7 Å². The van der Waals surface area contributed by atoms with Crippen LogP contribution in [0.3, 0.4) is 0 Å². The third kappa shape index (κ3) is 5.05. The van der Waals surface area contributed by atoms with Gasteiger partial charge in [-0.2, -0.15) is 0 Å². The number of piperazine rings is 1. The third-order valence-electron chi connectivity index (χ3n) is 6.47. The first-order valence-electron chi connectivity index (χ1n) is 11.2. The monoisotopic (exact) mass is 492 g/mol. The molecule has 1 heterocycles. The molecule has 1 N–H and O–H groups in total. The molecule has 1 amide bonds. The summed E-state index contributed by atoms with van der Waals surface area (Å²) in [5.74, 6) is -0.161. The maximum absolute atomic E-state index is 12.0. The Morgan fingerprint density at radius 1 is 1.06 bits per heavy atom. The van der Waals surface area contributed by atoms with Crippen molar-refractivity contribution in [3.05, 3.63) is 105 Å². The third-order valence-corrected chi connectivity index (χ3v) is 7.02. The van der Waals surface area contributed by atoms with E-state index in [9.17, 15) is 4.79 Å². The summed E-state index contributed by atoms with van der Waals surface area (Å²) in [4.78, 5) is 20.3. The van der Waals surface area contributed by atoms with Gasteiger partial charge in [0.25, 0.3) is 5.91 Å². The molecule has 0 bridgehead atoms. The van der Waals surface area contributed by atoms with Crippen LogP contribution in [0.25, 0.3) is 4.85 Å². The van der Waals surface area contributed by atoms with Crippen molar-refractivity contribution >= 4 is 40.5 Å². The molecule has 1 fully saturated rings. The SMILES string of the molecule is [C-]#[N+]c1ccc([C@@H](C)N2CCN(c3ccc(C(=O)NC)cc3Cl)[C@H](c3ccc(Cl)cc3)C2)cc1. The molecule has 0 spiro atoms. The molecule has 1 aliphatic heterocycles. The van der Waals surface area contributed by atoms with Crippen molar-refractivity contribution < 1.29 is 4.79 Å². The summed E-state index contributed by atoms with van der Waals surface area (Å²) in [6.45, 7) is 11.8. The number of nitrogens with zero attached hydrogens (tertiary/aromatic N) is 3. The fourth-order valence-corrected chi connectivity index (χ4v) is 4.89. The lowest BCUT2D eigenvalue weighted by Crippen LogP contribution is -2.49. The molecule has 174 valence electrons. The second-order valence-corrected chi connectivity index (χ2v) is 9.22. The number of carbonyl (C=O) groups excluding carboxylic acids is 1. The van der Waals surface area contributed by atoms with Crippen molar-refractivity contribution in [3.8, 4) is 0 Å². The Morgan fingerprint density at radius 3 is 2.38 bits per heavy atom. The van der Waals surface area contributed by atoms with E-state index in [1.807, 2.05) is 48.5 Å². The molecule has 0 radical (unpaired) electrons. The number of benzene rings is 3. The fraction of sp³-hybridized carbons (Fsp3) is 0.259. The molecule has 3 aromatic carbocycles. The van der Waals surface area contributed by atoms with Gasteiger partial charge < -0.3 is 10.2 Å². The number of carbonyl (C=O) groups is 1. The molecule has 0 aromatic heterocycles. The van der Waals surface area contributed by atoms with Gasteiger partial charge in [-0.15, -0.1) is 0 Å². The van der Waals surface area contributed by atoms with Gasteiger partial charge in [0.15, 0.2) is 5.69 Å². The number of anilines is 1. The lowest BCUT2D eigenvalue weighted by Gasteiger charge is -2.45. The van der Waals surface area contributed by atoms with Crippen LogP contribution < -0.4 is 10.2 Å². The van der Waals surface area contributed by atoms with Gasteiger partial charge in [-0.3, -0.25) is 9.69 Å². The first-order chi connectivity index (χ1) is 16.4. The Balaban J connectivity index is 1.65. The lowest BCUT2D eigenvalue weighted by molar-refractivity contribution is 0.0963. The molecule has 34 heavy (non-hydrogen) atoms. The number of rotatable bonds is 5.